The van der Waals surface area contributed by atoms with E-state index in [9.17, 15) is 5.11 Å². The van der Waals surface area contributed by atoms with Gasteiger partial charge in [0.05, 0.1) is 6.10 Å². The first kappa shape index (κ1) is 10.1. The van der Waals surface area contributed by atoms with Crippen molar-refractivity contribution in [1.29, 1.82) is 0 Å². The molecule has 0 bridgehead atoms. The molecule has 13 heavy (non-hydrogen) atoms. The van der Waals surface area contributed by atoms with Gasteiger partial charge < -0.3 is 9.84 Å². The predicted molar refractivity (Wildman–Crippen MR) is 52.9 cm³/mol. The highest BCUT2D eigenvalue weighted by atomic mass is 16.5. The van der Waals surface area contributed by atoms with E-state index in [1.807, 2.05) is 32.9 Å². The lowest BCUT2D eigenvalue weighted by molar-refractivity contribution is 0.0763. The molecular weight excluding hydrogens is 164 g/mol. The molecule has 0 fully saturated rings. The lowest BCUT2D eigenvalue weighted by Crippen LogP contribution is -1.99. The summed E-state index contributed by atoms with van der Waals surface area (Å²) in [6, 6.07) is 5.55. The van der Waals surface area contributed by atoms with Crippen LogP contribution in [0.3, 0.4) is 0 Å². The average molecular weight is 180 g/mol. The SMILES string of the molecule is CCOC(C)c1ccc(O)c(C)c1. The van der Waals surface area contributed by atoms with Crippen molar-refractivity contribution in [2.75, 3.05) is 6.61 Å². The quantitative estimate of drug-likeness (QED) is 0.775. The molecule has 0 radical (unpaired) electrons. The van der Waals surface area contributed by atoms with E-state index in [2.05, 4.69) is 0 Å². The van der Waals surface area contributed by atoms with Crippen molar-refractivity contribution >= 4 is 0 Å². The highest BCUT2D eigenvalue weighted by molar-refractivity contribution is 5.35. The second kappa shape index (κ2) is 4.28. The number of phenolic OH excluding ortho intramolecular Hbond substituents is 1. The normalized spacial score (nSPS) is 12.8. The molecule has 72 valence electrons. The first-order chi connectivity index (χ1) is 6.15. The van der Waals surface area contributed by atoms with Crippen molar-refractivity contribution in [1.82, 2.24) is 0 Å². The molecule has 0 aliphatic rings. The van der Waals surface area contributed by atoms with Crippen LogP contribution in [0.1, 0.15) is 31.1 Å². The first-order valence-corrected chi connectivity index (χ1v) is 4.56. The lowest BCUT2D eigenvalue weighted by atomic mass is 10.1. The van der Waals surface area contributed by atoms with Crippen LogP contribution in [0.25, 0.3) is 0 Å². The number of ether oxygens (including phenoxy) is 1. The van der Waals surface area contributed by atoms with Gasteiger partial charge in [-0.25, -0.2) is 0 Å². The molecule has 1 unspecified atom stereocenters. The molecule has 1 aromatic carbocycles. The molecule has 1 aromatic rings. The second-order valence-corrected chi connectivity index (χ2v) is 3.14. The Morgan fingerprint density at radius 1 is 1.46 bits per heavy atom. The average Bonchev–Trinajstić information content (AvgIpc) is 2.10. The Bertz CT molecular complexity index is 281. The van der Waals surface area contributed by atoms with Gasteiger partial charge in [-0.05, 0) is 44.0 Å². The van der Waals surface area contributed by atoms with E-state index in [1.165, 1.54) is 0 Å². The van der Waals surface area contributed by atoms with Crippen LogP contribution in [-0.4, -0.2) is 11.7 Å². The van der Waals surface area contributed by atoms with E-state index in [4.69, 9.17) is 4.74 Å². The molecule has 2 heteroatoms. The fraction of sp³-hybridized carbons (Fsp3) is 0.455. The molecule has 0 saturated carbocycles. The number of hydrogen-bond acceptors (Lipinski definition) is 2. The minimum atomic E-state index is 0.101. The van der Waals surface area contributed by atoms with Gasteiger partial charge in [0, 0.05) is 6.61 Å². The number of aromatic hydroxyl groups is 1. The Morgan fingerprint density at radius 2 is 2.15 bits per heavy atom. The van der Waals surface area contributed by atoms with Gasteiger partial charge in [0.1, 0.15) is 5.75 Å². The number of rotatable bonds is 3. The predicted octanol–water partition coefficient (Wildman–Crippen LogP) is 2.80. The van der Waals surface area contributed by atoms with Gasteiger partial charge in [-0.15, -0.1) is 0 Å². The number of benzene rings is 1. The molecule has 0 saturated heterocycles. The largest absolute Gasteiger partial charge is 0.508 e. The van der Waals surface area contributed by atoms with E-state index in [-0.39, 0.29) is 6.10 Å². The standard InChI is InChI=1S/C11H16O2/c1-4-13-9(3)10-5-6-11(12)8(2)7-10/h5-7,9,12H,4H2,1-3H3. The van der Waals surface area contributed by atoms with Crippen LogP contribution >= 0.6 is 0 Å². The first-order valence-electron chi connectivity index (χ1n) is 4.56. The Balaban J connectivity index is 2.84. The summed E-state index contributed by atoms with van der Waals surface area (Å²) < 4.78 is 5.44. The molecule has 0 spiro atoms. The van der Waals surface area contributed by atoms with Crippen molar-refractivity contribution in [3.8, 4) is 5.75 Å². The molecule has 0 aliphatic heterocycles. The van der Waals surface area contributed by atoms with Crippen LogP contribution in [0.4, 0.5) is 0 Å². The Kier molecular flexibility index (Phi) is 3.32. The van der Waals surface area contributed by atoms with Gasteiger partial charge in [0.25, 0.3) is 0 Å². The molecule has 2 nitrogen and oxygen atoms in total. The fourth-order valence-corrected chi connectivity index (χ4v) is 1.28. The molecule has 1 atom stereocenters. The lowest BCUT2D eigenvalue weighted by Gasteiger charge is -2.12. The van der Waals surface area contributed by atoms with Gasteiger partial charge in [-0.1, -0.05) is 6.07 Å². The summed E-state index contributed by atoms with van der Waals surface area (Å²) >= 11 is 0. The molecule has 1 rings (SSSR count). The fourth-order valence-electron chi connectivity index (χ4n) is 1.28. The van der Waals surface area contributed by atoms with E-state index >= 15 is 0 Å². The number of phenols is 1. The van der Waals surface area contributed by atoms with Gasteiger partial charge in [-0.3, -0.25) is 0 Å². The van der Waals surface area contributed by atoms with E-state index in [0.29, 0.717) is 12.4 Å². The van der Waals surface area contributed by atoms with E-state index in [0.717, 1.165) is 11.1 Å². The van der Waals surface area contributed by atoms with Crippen molar-refractivity contribution < 1.29 is 9.84 Å². The maximum Gasteiger partial charge on any atom is 0.118 e. The maximum atomic E-state index is 9.31. The van der Waals surface area contributed by atoms with Crippen molar-refractivity contribution in [2.24, 2.45) is 0 Å². The van der Waals surface area contributed by atoms with Crippen LogP contribution in [-0.2, 0) is 4.74 Å². The molecular formula is C11H16O2. The van der Waals surface area contributed by atoms with Crippen LogP contribution in [0.2, 0.25) is 0 Å². The maximum absolute atomic E-state index is 9.31. The minimum absolute atomic E-state index is 0.101. The zero-order valence-electron chi connectivity index (χ0n) is 8.37. The molecule has 0 aliphatic carbocycles. The molecule has 1 N–H and O–H groups in total. The third kappa shape index (κ3) is 2.46. The number of hydrogen-bond donors (Lipinski definition) is 1. The van der Waals surface area contributed by atoms with Gasteiger partial charge in [-0.2, -0.15) is 0 Å². The van der Waals surface area contributed by atoms with Crippen LogP contribution < -0.4 is 0 Å². The smallest absolute Gasteiger partial charge is 0.118 e. The summed E-state index contributed by atoms with van der Waals surface area (Å²) in [7, 11) is 0. The Labute approximate surface area is 79.2 Å². The Morgan fingerprint density at radius 3 is 2.69 bits per heavy atom. The summed E-state index contributed by atoms with van der Waals surface area (Å²) in [6.45, 7) is 6.58. The molecule has 0 aromatic heterocycles. The zero-order valence-corrected chi connectivity index (χ0v) is 8.37. The topological polar surface area (TPSA) is 29.5 Å². The minimum Gasteiger partial charge on any atom is -0.508 e. The zero-order chi connectivity index (χ0) is 9.84. The monoisotopic (exact) mass is 180 g/mol. The highest BCUT2D eigenvalue weighted by Gasteiger charge is 2.05. The van der Waals surface area contributed by atoms with Gasteiger partial charge >= 0.3 is 0 Å². The van der Waals surface area contributed by atoms with Crippen molar-refractivity contribution in [3.05, 3.63) is 29.3 Å². The van der Waals surface area contributed by atoms with Crippen molar-refractivity contribution in [3.63, 3.8) is 0 Å². The van der Waals surface area contributed by atoms with Gasteiger partial charge in [0.2, 0.25) is 0 Å². The van der Waals surface area contributed by atoms with E-state index < -0.39 is 0 Å². The summed E-state index contributed by atoms with van der Waals surface area (Å²) in [5.41, 5.74) is 2.00. The summed E-state index contributed by atoms with van der Waals surface area (Å²) in [6.07, 6.45) is 0.101. The summed E-state index contributed by atoms with van der Waals surface area (Å²) in [4.78, 5) is 0. The molecule has 0 heterocycles. The molecule has 0 amide bonds. The highest BCUT2D eigenvalue weighted by Crippen LogP contribution is 2.23. The van der Waals surface area contributed by atoms with Crippen LogP contribution in [0.5, 0.6) is 5.75 Å². The van der Waals surface area contributed by atoms with E-state index in [1.54, 1.807) is 6.07 Å². The van der Waals surface area contributed by atoms with Crippen LogP contribution in [0.15, 0.2) is 18.2 Å². The summed E-state index contributed by atoms with van der Waals surface area (Å²) in [5, 5.41) is 9.31. The third-order valence-electron chi connectivity index (χ3n) is 2.11. The van der Waals surface area contributed by atoms with Crippen LogP contribution in [0, 0.1) is 6.92 Å². The second-order valence-electron chi connectivity index (χ2n) is 3.14. The van der Waals surface area contributed by atoms with Crippen molar-refractivity contribution in [2.45, 2.75) is 26.9 Å². The summed E-state index contributed by atoms with van der Waals surface area (Å²) in [5.74, 6) is 0.340. The Hall–Kier alpha value is -1.02. The van der Waals surface area contributed by atoms with Gasteiger partial charge in [0.15, 0.2) is 0 Å². The third-order valence-corrected chi connectivity index (χ3v) is 2.11. The number of aryl methyl sites for hydroxylation is 1.